The van der Waals surface area contributed by atoms with Crippen molar-refractivity contribution >= 4 is 11.8 Å². The Bertz CT molecular complexity index is 320. The number of nitrogens with one attached hydrogen (secondary N) is 1. The van der Waals surface area contributed by atoms with E-state index in [1.165, 1.54) is 23.4 Å². The van der Waals surface area contributed by atoms with Gasteiger partial charge in [-0.3, -0.25) is 4.68 Å². The minimum absolute atomic E-state index is 0.950. The average Bonchev–Trinajstić information content (AvgIpc) is 2.55. The Labute approximate surface area is 103 Å². The van der Waals surface area contributed by atoms with E-state index in [0.29, 0.717) is 0 Å². The molecule has 0 spiro atoms. The van der Waals surface area contributed by atoms with Gasteiger partial charge in [0.15, 0.2) is 0 Å². The van der Waals surface area contributed by atoms with Crippen LogP contribution < -0.4 is 5.32 Å². The lowest BCUT2D eigenvalue weighted by Gasteiger charge is -2.05. The lowest BCUT2D eigenvalue weighted by Crippen LogP contribution is -2.16. The van der Waals surface area contributed by atoms with Crippen LogP contribution in [0.5, 0.6) is 0 Å². The Morgan fingerprint density at radius 3 is 2.69 bits per heavy atom. The molecule has 0 unspecified atom stereocenters. The van der Waals surface area contributed by atoms with E-state index in [2.05, 4.69) is 42.1 Å². The number of nitrogens with zero attached hydrogens (tertiary/aromatic N) is 2. The van der Waals surface area contributed by atoms with Crippen LogP contribution >= 0.6 is 11.8 Å². The van der Waals surface area contributed by atoms with Gasteiger partial charge < -0.3 is 5.32 Å². The molecule has 1 N–H and O–H groups in total. The molecule has 1 rings (SSSR count). The molecular weight excluding hydrogens is 218 g/mol. The summed E-state index contributed by atoms with van der Waals surface area (Å²) in [6.07, 6.45) is 3.39. The highest BCUT2D eigenvalue weighted by Crippen LogP contribution is 2.12. The fourth-order valence-corrected chi connectivity index (χ4v) is 2.29. The first-order chi connectivity index (χ1) is 7.70. The van der Waals surface area contributed by atoms with Crippen molar-refractivity contribution < 1.29 is 0 Å². The molecule has 16 heavy (non-hydrogen) atoms. The fraction of sp³-hybridized carbons (Fsp3) is 0.750. The maximum absolute atomic E-state index is 4.52. The Kier molecular flexibility index (Phi) is 5.91. The first-order valence-electron chi connectivity index (χ1n) is 5.93. The zero-order chi connectivity index (χ0) is 12.0. The molecule has 0 aliphatic rings. The van der Waals surface area contributed by atoms with Gasteiger partial charge in [0.2, 0.25) is 0 Å². The van der Waals surface area contributed by atoms with E-state index in [1.807, 2.05) is 11.8 Å². The lowest BCUT2D eigenvalue weighted by molar-refractivity contribution is 0.630. The molecule has 0 fully saturated rings. The number of rotatable bonds is 7. The van der Waals surface area contributed by atoms with Crippen LogP contribution in [-0.2, 0) is 13.1 Å². The smallest absolute Gasteiger partial charge is 0.0641 e. The highest BCUT2D eigenvalue weighted by Gasteiger charge is 2.09. The van der Waals surface area contributed by atoms with Gasteiger partial charge >= 0.3 is 0 Å². The quantitative estimate of drug-likeness (QED) is 0.743. The van der Waals surface area contributed by atoms with Crippen LogP contribution in [0.4, 0.5) is 0 Å². The van der Waals surface area contributed by atoms with E-state index in [9.17, 15) is 0 Å². The van der Waals surface area contributed by atoms with Gasteiger partial charge in [0.25, 0.3) is 0 Å². The van der Waals surface area contributed by atoms with E-state index in [4.69, 9.17) is 0 Å². The maximum Gasteiger partial charge on any atom is 0.0641 e. The molecule has 0 saturated carbocycles. The minimum atomic E-state index is 0.950. The molecule has 1 aromatic heterocycles. The summed E-state index contributed by atoms with van der Waals surface area (Å²) in [5, 5.41) is 8.01. The second-order valence-corrected chi connectivity index (χ2v) is 4.97. The maximum atomic E-state index is 4.52. The van der Waals surface area contributed by atoms with Crippen molar-refractivity contribution in [2.45, 2.75) is 40.3 Å². The number of aryl methyl sites for hydroxylation is 2. The van der Waals surface area contributed by atoms with Crippen LogP contribution in [0.3, 0.4) is 0 Å². The van der Waals surface area contributed by atoms with E-state index in [1.54, 1.807) is 0 Å². The first kappa shape index (κ1) is 13.6. The van der Waals surface area contributed by atoms with Crippen LogP contribution in [0.2, 0.25) is 0 Å². The van der Waals surface area contributed by atoms with Crippen molar-refractivity contribution in [3.63, 3.8) is 0 Å². The van der Waals surface area contributed by atoms with Crippen LogP contribution in [0.15, 0.2) is 0 Å². The third kappa shape index (κ3) is 3.52. The van der Waals surface area contributed by atoms with Crippen molar-refractivity contribution in [3.05, 3.63) is 17.0 Å². The van der Waals surface area contributed by atoms with Gasteiger partial charge in [-0.1, -0.05) is 0 Å². The molecule has 0 aliphatic carbocycles. The normalized spacial score (nSPS) is 11.0. The van der Waals surface area contributed by atoms with Crippen LogP contribution in [-0.4, -0.2) is 28.3 Å². The Balaban J connectivity index is 2.44. The third-order valence-corrected chi connectivity index (χ3v) is 3.53. The van der Waals surface area contributed by atoms with E-state index < -0.39 is 0 Å². The minimum Gasteiger partial charge on any atom is -0.313 e. The van der Waals surface area contributed by atoms with Gasteiger partial charge in [-0.15, -0.1) is 0 Å². The van der Waals surface area contributed by atoms with Crippen molar-refractivity contribution in [1.82, 2.24) is 15.1 Å². The number of hydrogen-bond donors (Lipinski definition) is 1. The summed E-state index contributed by atoms with van der Waals surface area (Å²) in [4.78, 5) is 0. The van der Waals surface area contributed by atoms with Gasteiger partial charge in [-0.25, -0.2) is 0 Å². The number of hydrogen-bond acceptors (Lipinski definition) is 3. The van der Waals surface area contributed by atoms with E-state index in [0.717, 1.165) is 25.3 Å². The van der Waals surface area contributed by atoms with Gasteiger partial charge in [0.05, 0.1) is 5.69 Å². The van der Waals surface area contributed by atoms with Crippen molar-refractivity contribution in [2.75, 3.05) is 18.6 Å². The van der Waals surface area contributed by atoms with E-state index >= 15 is 0 Å². The Hall–Kier alpha value is -0.480. The second kappa shape index (κ2) is 6.97. The lowest BCUT2D eigenvalue weighted by atomic mass is 10.2. The highest BCUT2D eigenvalue weighted by atomic mass is 32.2. The molecule has 0 radical (unpaired) electrons. The molecule has 3 nitrogen and oxygen atoms in total. The van der Waals surface area contributed by atoms with E-state index in [-0.39, 0.29) is 0 Å². The van der Waals surface area contributed by atoms with Crippen molar-refractivity contribution in [1.29, 1.82) is 0 Å². The van der Waals surface area contributed by atoms with Gasteiger partial charge in [0, 0.05) is 24.3 Å². The molecule has 92 valence electrons. The van der Waals surface area contributed by atoms with Gasteiger partial charge in [0.1, 0.15) is 0 Å². The van der Waals surface area contributed by atoms with Gasteiger partial charge in [-0.2, -0.15) is 16.9 Å². The predicted molar refractivity (Wildman–Crippen MR) is 72.1 cm³/mol. The molecule has 4 heteroatoms. The highest BCUT2D eigenvalue weighted by molar-refractivity contribution is 7.98. The Morgan fingerprint density at radius 2 is 2.12 bits per heavy atom. The number of thioether (sulfide) groups is 1. The first-order valence-corrected chi connectivity index (χ1v) is 7.32. The molecule has 0 amide bonds. The molecule has 0 bridgehead atoms. The summed E-state index contributed by atoms with van der Waals surface area (Å²) < 4.78 is 2.08. The van der Waals surface area contributed by atoms with Crippen molar-refractivity contribution in [3.8, 4) is 0 Å². The van der Waals surface area contributed by atoms with Gasteiger partial charge in [-0.05, 0) is 45.7 Å². The molecule has 0 saturated heterocycles. The fourth-order valence-electron chi connectivity index (χ4n) is 1.85. The number of aromatic nitrogens is 2. The average molecular weight is 241 g/mol. The zero-order valence-electron chi connectivity index (χ0n) is 10.8. The summed E-state index contributed by atoms with van der Waals surface area (Å²) in [5.74, 6) is 1.24. The topological polar surface area (TPSA) is 29.9 Å². The molecular formula is C12H23N3S. The largest absolute Gasteiger partial charge is 0.313 e. The molecule has 0 atom stereocenters. The molecule has 0 aromatic carbocycles. The van der Waals surface area contributed by atoms with Crippen LogP contribution in [0.25, 0.3) is 0 Å². The Morgan fingerprint density at radius 1 is 1.38 bits per heavy atom. The third-order valence-electron chi connectivity index (χ3n) is 2.83. The molecule has 0 aliphatic heterocycles. The predicted octanol–water partition coefficient (Wildman–Crippen LogP) is 2.36. The van der Waals surface area contributed by atoms with Crippen LogP contribution in [0.1, 0.15) is 30.3 Å². The molecule has 1 aromatic rings. The summed E-state index contributed by atoms with van der Waals surface area (Å²) in [6, 6.07) is 0. The zero-order valence-corrected chi connectivity index (χ0v) is 11.7. The summed E-state index contributed by atoms with van der Waals surface area (Å²) >= 11 is 1.91. The monoisotopic (exact) mass is 241 g/mol. The summed E-state index contributed by atoms with van der Waals surface area (Å²) in [7, 11) is 0. The standard InChI is InChI=1S/C12H23N3S/c1-5-15-11(3)12(10(2)14-15)9-13-7-6-8-16-4/h13H,5-9H2,1-4H3. The van der Waals surface area contributed by atoms with Crippen molar-refractivity contribution in [2.24, 2.45) is 0 Å². The van der Waals surface area contributed by atoms with Crippen LogP contribution in [0, 0.1) is 13.8 Å². The second-order valence-electron chi connectivity index (χ2n) is 3.99. The molecule has 1 heterocycles. The summed E-state index contributed by atoms with van der Waals surface area (Å²) in [5.41, 5.74) is 3.83. The summed E-state index contributed by atoms with van der Waals surface area (Å²) in [6.45, 7) is 9.39. The SMILES string of the molecule is CCn1nc(C)c(CNCCCSC)c1C.